The van der Waals surface area contributed by atoms with Gasteiger partial charge in [-0.2, -0.15) is 5.26 Å². The topological polar surface area (TPSA) is 87.0 Å². The number of hydrogen-bond acceptors (Lipinski definition) is 4. The lowest BCUT2D eigenvalue weighted by Crippen LogP contribution is -2.48. The predicted molar refractivity (Wildman–Crippen MR) is 103 cm³/mol. The molecule has 0 spiro atoms. The van der Waals surface area contributed by atoms with Crippen LogP contribution in [-0.4, -0.2) is 28.4 Å². The SMILES string of the molecule is CC(C)(C)S(=O)N[C@@](C)(CCC(C)(C#N)S(C)(=O)=O)c1ccccc1F. The van der Waals surface area contributed by atoms with Gasteiger partial charge in [-0.15, -0.1) is 0 Å². The van der Waals surface area contributed by atoms with Gasteiger partial charge in [0.1, 0.15) is 5.82 Å². The average Bonchev–Trinajstić information content (AvgIpc) is 2.51. The zero-order valence-electron chi connectivity index (χ0n) is 16.1. The van der Waals surface area contributed by atoms with Crippen LogP contribution in [0.2, 0.25) is 0 Å². The number of nitriles is 1. The monoisotopic (exact) mass is 402 g/mol. The third-order valence-electron chi connectivity index (χ3n) is 4.50. The molecular formula is C18H27FN2O3S2. The zero-order chi connectivity index (χ0) is 20.4. The van der Waals surface area contributed by atoms with Crippen molar-refractivity contribution in [2.45, 2.75) is 62.5 Å². The summed E-state index contributed by atoms with van der Waals surface area (Å²) in [5, 5.41) is 9.37. The second-order valence-electron chi connectivity index (χ2n) is 7.91. The minimum absolute atomic E-state index is 0.0263. The van der Waals surface area contributed by atoms with Crippen LogP contribution in [0.15, 0.2) is 24.3 Å². The van der Waals surface area contributed by atoms with Crippen molar-refractivity contribution in [1.82, 2.24) is 4.72 Å². The van der Waals surface area contributed by atoms with Crippen molar-refractivity contribution < 1.29 is 17.0 Å². The normalized spacial score (nSPS) is 18.4. The first-order valence-corrected chi connectivity index (χ1v) is 11.3. The summed E-state index contributed by atoms with van der Waals surface area (Å²) in [5.74, 6) is -0.480. The molecule has 1 aromatic rings. The molecule has 3 atom stereocenters. The van der Waals surface area contributed by atoms with Crippen molar-refractivity contribution >= 4 is 20.8 Å². The summed E-state index contributed by atoms with van der Waals surface area (Å²) in [5.41, 5.74) is -0.821. The van der Waals surface area contributed by atoms with E-state index in [4.69, 9.17) is 0 Å². The summed E-state index contributed by atoms with van der Waals surface area (Å²) < 4.78 is 51.9. The van der Waals surface area contributed by atoms with Crippen LogP contribution >= 0.6 is 0 Å². The molecule has 1 aromatic carbocycles. The number of nitrogens with one attached hydrogen (secondary N) is 1. The summed E-state index contributed by atoms with van der Waals surface area (Å²) in [6, 6.07) is 7.95. The number of rotatable bonds is 7. The van der Waals surface area contributed by atoms with E-state index in [1.54, 1.807) is 45.9 Å². The van der Waals surface area contributed by atoms with Crippen molar-refractivity contribution in [3.8, 4) is 6.07 Å². The molecule has 0 radical (unpaired) electrons. The van der Waals surface area contributed by atoms with Gasteiger partial charge < -0.3 is 0 Å². The van der Waals surface area contributed by atoms with Gasteiger partial charge in [-0.3, -0.25) is 0 Å². The molecule has 8 heteroatoms. The van der Waals surface area contributed by atoms with E-state index >= 15 is 0 Å². The quantitative estimate of drug-likeness (QED) is 0.759. The molecule has 0 fully saturated rings. The fourth-order valence-corrected chi connectivity index (χ4v) is 3.89. The van der Waals surface area contributed by atoms with Crippen LogP contribution in [0, 0.1) is 17.1 Å². The maximum absolute atomic E-state index is 14.4. The van der Waals surface area contributed by atoms with E-state index in [1.807, 2.05) is 6.07 Å². The van der Waals surface area contributed by atoms with Gasteiger partial charge in [0.2, 0.25) is 0 Å². The van der Waals surface area contributed by atoms with E-state index in [1.165, 1.54) is 13.0 Å². The molecule has 0 saturated heterocycles. The highest BCUT2D eigenvalue weighted by Gasteiger charge is 2.41. The summed E-state index contributed by atoms with van der Waals surface area (Å²) in [7, 11) is -5.16. The van der Waals surface area contributed by atoms with Crippen LogP contribution in [-0.2, 0) is 26.4 Å². The summed E-state index contributed by atoms with van der Waals surface area (Å²) in [4.78, 5) is 0. The highest BCUT2D eigenvalue weighted by molar-refractivity contribution is 7.92. The lowest BCUT2D eigenvalue weighted by Gasteiger charge is -2.35. The van der Waals surface area contributed by atoms with Gasteiger partial charge >= 0.3 is 0 Å². The third kappa shape index (κ3) is 5.12. The molecule has 5 nitrogen and oxygen atoms in total. The number of sulfone groups is 1. The predicted octanol–water partition coefficient (Wildman–Crippen LogP) is 3.20. The highest BCUT2D eigenvalue weighted by Crippen LogP contribution is 2.34. The van der Waals surface area contributed by atoms with Gasteiger partial charge in [0, 0.05) is 11.8 Å². The smallest absolute Gasteiger partial charge is 0.166 e. The van der Waals surface area contributed by atoms with Crippen LogP contribution in [0.1, 0.15) is 53.0 Å². The maximum atomic E-state index is 14.4. The third-order valence-corrected chi connectivity index (χ3v) is 8.18. The van der Waals surface area contributed by atoms with Crippen molar-refractivity contribution in [2.24, 2.45) is 0 Å². The van der Waals surface area contributed by atoms with E-state index in [9.17, 15) is 22.3 Å². The molecule has 0 aromatic heterocycles. The minimum atomic E-state index is -3.64. The molecule has 1 rings (SSSR count). The fraction of sp³-hybridized carbons (Fsp3) is 0.611. The molecule has 0 aliphatic rings. The average molecular weight is 403 g/mol. The maximum Gasteiger partial charge on any atom is 0.166 e. The first kappa shape index (κ1) is 22.7. The first-order chi connectivity index (χ1) is 11.7. The molecule has 26 heavy (non-hydrogen) atoms. The van der Waals surface area contributed by atoms with Gasteiger partial charge in [0.25, 0.3) is 0 Å². The molecule has 0 aliphatic heterocycles. The molecule has 0 aliphatic carbocycles. The van der Waals surface area contributed by atoms with Gasteiger partial charge in [-0.25, -0.2) is 21.7 Å². The molecule has 2 unspecified atom stereocenters. The Kier molecular flexibility index (Phi) is 6.78. The van der Waals surface area contributed by atoms with Gasteiger partial charge in [-0.1, -0.05) is 18.2 Å². The van der Waals surface area contributed by atoms with Crippen molar-refractivity contribution in [1.29, 1.82) is 5.26 Å². The standard InChI is InChI=1S/C18H27FN2O3S2/c1-16(2,3)25(22)21-18(5,14-9-7-8-10-15(14)19)12-11-17(4,13-20)26(6,23)24/h7-10,21H,11-12H2,1-6H3/t17?,18-,25?/m0/s1. The van der Waals surface area contributed by atoms with E-state index in [2.05, 4.69) is 4.72 Å². The number of hydrogen-bond donors (Lipinski definition) is 1. The fourth-order valence-electron chi connectivity index (χ4n) is 2.32. The summed E-state index contributed by atoms with van der Waals surface area (Å²) in [6.45, 7) is 8.38. The molecule has 1 N–H and O–H groups in total. The number of nitrogens with zero attached hydrogens (tertiary/aromatic N) is 1. The molecular weight excluding hydrogens is 375 g/mol. The summed E-state index contributed by atoms with van der Waals surface area (Å²) in [6.07, 6.45) is 1.10. The van der Waals surface area contributed by atoms with Crippen molar-refractivity contribution in [3.05, 3.63) is 35.6 Å². The van der Waals surface area contributed by atoms with E-state index < -0.39 is 41.7 Å². The van der Waals surface area contributed by atoms with E-state index in [0.717, 1.165) is 6.26 Å². The van der Waals surface area contributed by atoms with E-state index in [-0.39, 0.29) is 18.4 Å². The molecule has 0 saturated carbocycles. The number of benzene rings is 1. The first-order valence-electron chi connectivity index (χ1n) is 8.22. The van der Waals surface area contributed by atoms with Crippen LogP contribution < -0.4 is 4.72 Å². The molecule has 0 heterocycles. The lowest BCUT2D eigenvalue weighted by molar-refractivity contribution is 0.365. The Hall–Kier alpha value is -1.30. The molecule has 0 bridgehead atoms. The summed E-state index contributed by atoms with van der Waals surface area (Å²) >= 11 is 0. The van der Waals surface area contributed by atoms with Crippen molar-refractivity contribution in [2.75, 3.05) is 6.26 Å². The largest absolute Gasteiger partial charge is 0.242 e. The number of halogens is 1. The highest BCUT2D eigenvalue weighted by atomic mass is 32.2. The van der Waals surface area contributed by atoms with Gasteiger partial charge in [0.15, 0.2) is 14.6 Å². The van der Waals surface area contributed by atoms with Crippen LogP contribution in [0.3, 0.4) is 0 Å². The van der Waals surface area contributed by atoms with Crippen LogP contribution in [0.4, 0.5) is 4.39 Å². The zero-order valence-corrected chi connectivity index (χ0v) is 17.7. The second-order valence-corrected chi connectivity index (χ2v) is 12.3. The van der Waals surface area contributed by atoms with Gasteiger partial charge in [0.05, 0.1) is 27.3 Å². The van der Waals surface area contributed by atoms with Crippen molar-refractivity contribution in [3.63, 3.8) is 0 Å². The van der Waals surface area contributed by atoms with Gasteiger partial charge in [-0.05, 0) is 53.5 Å². The Labute approximate surface area is 158 Å². The Balaban J connectivity index is 3.33. The van der Waals surface area contributed by atoms with E-state index in [0.29, 0.717) is 0 Å². The Morgan fingerprint density at radius 2 is 1.69 bits per heavy atom. The molecule has 0 amide bonds. The van der Waals surface area contributed by atoms with Crippen LogP contribution in [0.25, 0.3) is 0 Å². The molecule has 146 valence electrons. The lowest BCUT2D eigenvalue weighted by atomic mass is 9.85. The Morgan fingerprint density at radius 1 is 1.15 bits per heavy atom. The van der Waals surface area contributed by atoms with Crippen LogP contribution in [0.5, 0.6) is 0 Å². The Bertz CT molecular complexity index is 828. The second kappa shape index (κ2) is 7.75. The Morgan fingerprint density at radius 3 is 2.12 bits per heavy atom. The minimum Gasteiger partial charge on any atom is -0.242 e.